The highest BCUT2D eigenvalue weighted by atomic mass is 16.4. The average molecular weight is 260 g/mol. The Bertz CT molecular complexity index is 724. The van der Waals surface area contributed by atoms with Crippen molar-refractivity contribution < 1.29 is 19.4 Å². The molecule has 2 aromatic rings. The van der Waals surface area contributed by atoms with Crippen LogP contribution in [0.4, 0.5) is 0 Å². The predicted octanol–water partition coefficient (Wildman–Crippen LogP) is 2.38. The fourth-order valence-corrected chi connectivity index (χ4v) is 1.72. The molecule has 2 rings (SSSR count). The molecule has 0 saturated carbocycles. The molecule has 2 N–H and O–H groups in total. The van der Waals surface area contributed by atoms with Crippen molar-refractivity contribution in [3.8, 4) is 5.75 Å². The number of carboxylic acid groups (broad SMARTS) is 1. The molecule has 1 aromatic carbocycles. The van der Waals surface area contributed by atoms with E-state index in [0.717, 1.165) is 0 Å². The molecule has 0 aliphatic rings. The third-order valence-electron chi connectivity index (χ3n) is 2.73. The van der Waals surface area contributed by atoms with Crippen molar-refractivity contribution in [1.29, 1.82) is 0 Å². The lowest BCUT2D eigenvalue weighted by molar-refractivity contribution is -0.132. The fraction of sp³-hybridized carbons (Fsp3) is 0.143. The van der Waals surface area contributed by atoms with Crippen LogP contribution in [0.3, 0.4) is 0 Å². The van der Waals surface area contributed by atoms with Crippen LogP contribution in [0.1, 0.15) is 18.9 Å². The molecular weight excluding hydrogens is 248 g/mol. The molecule has 0 spiro atoms. The van der Waals surface area contributed by atoms with Crippen LogP contribution >= 0.6 is 0 Å². The molecule has 0 aliphatic heterocycles. The van der Waals surface area contributed by atoms with Gasteiger partial charge >= 0.3 is 11.6 Å². The van der Waals surface area contributed by atoms with Crippen molar-refractivity contribution in [2.24, 2.45) is 0 Å². The molecule has 98 valence electrons. The molecule has 5 nitrogen and oxygen atoms in total. The van der Waals surface area contributed by atoms with Gasteiger partial charge in [0.2, 0.25) is 0 Å². The standard InChI is InChI=1S/C14H12O5/c1-2-8(13(16)17)5-10-6-9-3-4-11(15)7-12(9)19-14(10)18/h3-7,15H,2H2,1H3,(H,16,17)/b8-5+. The van der Waals surface area contributed by atoms with Crippen molar-refractivity contribution in [2.45, 2.75) is 13.3 Å². The Balaban J connectivity index is 2.62. The maximum atomic E-state index is 11.7. The highest BCUT2D eigenvalue weighted by Crippen LogP contribution is 2.20. The molecule has 0 radical (unpaired) electrons. The summed E-state index contributed by atoms with van der Waals surface area (Å²) >= 11 is 0. The maximum Gasteiger partial charge on any atom is 0.343 e. The quantitative estimate of drug-likeness (QED) is 0.653. The van der Waals surface area contributed by atoms with Crippen molar-refractivity contribution in [3.63, 3.8) is 0 Å². The van der Waals surface area contributed by atoms with Crippen molar-refractivity contribution >= 4 is 23.0 Å². The summed E-state index contributed by atoms with van der Waals surface area (Å²) in [6.45, 7) is 1.70. The first-order chi connectivity index (χ1) is 9.01. The molecule has 19 heavy (non-hydrogen) atoms. The lowest BCUT2D eigenvalue weighted by Gasteiger charge is -2.01. The molecule has 1 aromatic heterocycles. The van der Waals surface area contributed by atoms with E-state index in [2.05, 4.69) is 0 Å². The minimum Gasteiger partial charge on any atom is -0.508 e. The van der Waals surface area contributed by atoms with Gasteiger partial charge in [-0.05, 0) is 30.7 Å². The van der Waals surface area contributed by atoms with Crippen LogP contribution in [0.2, 0.25) is 0 Å². The first kappa shape index (κ1) is 12.9. The summed E-state index contributed by atoms with van der Waals surface area (Å²) in [6, 6.07) is 5.94. The van der Waals surface area contributed by atoms with E-state index in [1.54, 1.807) is 19.1 Å². The summed E-state index contributed by atoms with van der Waals surface area (Å²) < 4.78 is 5.05. The Morgan fingerprint density at radius 1 is 1.37 bits per heavy atom. The number of benzene rings is 1. The largest absolute Gasteiger partial charge is 0.508 e. The van der Waals surface area contributed by atoms with Crippen LogP contribution in [-0.2, 0) is 4.79 Å². The van der Waals surface area contributed by atoms with Gasteiger partial charge in [0.25, 0.3) is 0 Å². The summed E-state index contributed by atoms with van der Waals surface area (Å²) in [4.78, 5) is 22.7. The van der Waals surface area contributed by atoms with Gasteiger partial charge in [-0.2, -0.15) is 0 Å². The summed E-state index contributed by atoms with van der Waals surface area (Å²) in [5.74, 6) is -1.06. The number of carboxylic acids is 1. The number of aromatic hydroxyl groups is 1. The molecule has 0 aliphatic carbocycles. The first-order valence-electron chi connectivity index (χ1n) is 5.72. The van der Waals surface area contributed by atoms with Crippen molar-refractivity contribution in [1.82, 2.24) is 0 Å². The molecule has 0 unspecified atom stereocenters. The third kappa shape index (κ3) is 2.65. The second-order valence-corrected chi connectivity index (χ2v) is 4.04. The highest BCUT2D eigenvalue weighted by molar-refractivity contribution is 5.92. The second-order valence-electron chi connectivity index (χ2n) is 4.04. The number of fused-ring (bicyclic) bond motifs is 1. The van der Waals surface area contributed by atoms with Crippen LogP contribution in [0.5, 0.6) is 5.75 Å². The summed E-state index contributed by atoms with van der Waals surface area (Å²) in [5.41, 5.74) is -0.0660. The summed E-state index contributed by atoms with van der Waals surface area (Å²) in [6.07, 6.45) is 1.61. The zero-order chi connectivity index (χ0) is 14.0. The van der Waals surface area contributed by atoms with Gasteiger partial charge in [-0.25, -0.2) is 9.59 Å². The number of rotatable bonds is 3. The second kappa shape index (κ2) is 4.97. The Morgan fingerprint density at radius 3 is 2.74 bits per heavy atom. The Kier molecular flexibility index (Phi) is 3.37. The van der Waals surface area contributed by atoms with Gasteiger partial charge in [-0.1, -0.05) is 6.92 Å². The minimum atomic E-state index is -1.06. The van der Waals surface area contributed by atoms with Gasteiger partial charge in [0, 0.05) is 17.0 Å². The molecule has 1 heterocycles. The topological polar surface area (TPSA) is 87.7 Å². The monoisotopic (exact) mass is 260 g/mol. The maximum absolute atomic E-state index is 11.7. The predicted molar refractivity (Wildman–Crippen MR) is 70.1 cm³/mol. The summed E-state index contributed by atoms with van der Waals surface area (Å²) in [5, 5.41) is 18.9. The van der Waals surface area contributed by atoms with Crippen LogP contribution in [-0.4, -0.2) is 16.2 Å². The van der Waals surface area contributed by atoms with Crippen molar-refractivity contribution in [3.05, 3.63) is 45.8 Å². The van der Waals surface area contributed by atoms with E-state index in [1.165, 1.54) is 18.2 Å². The van der Waals surface area contributed by atoms with E-state index in [9.17, 15) is 14.7 Å². The van der Waals surface area contributed by atoms with Crippen LogP contribution < -0.4 is 5.63 Å². The molecule has 0 fully saturated rings. The molecule has 0 saturated heterocycles. The smallest absolute Gasteiger partial charge is 0.343 e. The lowest BCUT2D eigenvalue weighted by Crippen LogP contribution is -2.05. The van der Waals surface area contributed by atoms with Crippen LogP contribution in [0.15, 0.2) is 39.1 Å². The van der Waals surface area contributed by atoms with Gasteiger partial charge in [0.15, 0.2) is 0 Å². The Morgan fingerprint density at radius 2 is 2.11 bits per heavy atom. The zero-order valence-electron chi connectivity index (χ0n) is 10.2. The number of hydrogen-bond donors (Lipinski definition) is 2. The van der Waals surface area contributed by atoms with Gasteiger partial charge in [-0.15, -0.1) is 0 Å². The molecule has 0 amide bonds. The normalized spacial score (nSPS) is 11.7. The Labute approximate surface area is 108 Å². The molecular formula is C14H12O5. The number of phenolic OH excluding ortho intramolecular Hbond substituents is 1. The fourth-order valence-electron chi connectivity index (χ4n) is 1.72. The third-order valence-corrected chi connectivity index (χ3v) is 2.73. The minimum absolute atomic E-state index is 0.00118. The van der Waals surface area contributed by atoms with E-state index >= 15 is 0 Å². The number of aliphatic carboxylic acids is 1. The molecule has 0 bridgehead atoms. The Hall–Kier alpha value is -2.56. The van der Waals surface area contributed by atoms with E-state index in [0.29, 0.717) is 11.8 Å². The average Bonchev–Trinajstić information content (AvgIpc) is 2.35. The van der Waals surface area contributed by atoms with Gasteiger partial charge < -0.3 is 14.6 Å². The van der Waals surface area contributed by atoms with Gasteiger partial charge in [0.1, 0.15) is 11.3 Å². The highest BCUT2D eigenvalue weighted by Gasteiger charge is 2.08. The van der Waals surface area contributed by atoms with Crippen LogP contribution in [0.25, 0.3) is 17.0 Å². The van der Waals surface area contributed by atoms with Gasteiger partial charge in [0.05, 0.1) is 5.56 Å². The molecule has 0 atom stereocenters. The van der Waals surface area contributed by atoms with Crippen molar-refractivity contribution in [2.75, 3.05) is 0 Å². The number of carbonyl (C=O) groups is 1. The van der Waals surface area contributed by atoms with E-state index in [4.69, 9.17) is 9.52 Å². The SMILES string of the molecule is CC/C(=C\c1cc2ccc(O)cc2oc1=O)C(=O)O. The number of hydrogen-bond acceptors (Lipinski definition) is 4. The van der Waals surface area contributed by atoms with Crippen LogP contribution in [0, 0.1) is 0 Å². The zero-order valence-corrected chi connectivity index (χ0v) is 10.2. The number of phenols is 1. The van der Waals surface area contributed by atoms with E-state index < -0.39 is 11.6 Å². The first-order valence-corrected chi connectivity index (χ1v) is 5.72. The summed E-state index contributed by atoms with van der Waals surface area (Å²) in [7, 11) is 0. The molecule has 5 heteroatoms. The lowest BCUT2D eigenvalue weighted by atomic mass is 10.1. The van der Waals surface area contributed by atoms with Gasteiger partial charge in [-0.3, -0.25) is 0 Å². The van der Waals surface area contributed by atoms with E-state index in [1.807, 2.05) is 0 Å². The van der Waals surface area contributed by atoms with E-state index in [-0.39, 0.29) is 22.5 Å².